The summed E-state index contributed by atoms with van der Waals surface area (Å²) in [5.74, 6) is -0.178. The maximum atomic E-state index is 13.2. The van der Waals surface area contributed by atoms with E-state index in [9.17, 15) is 27.2 Å². The van der Waals surface area contributed by atoms with Crippen molar-refractivity contribution in [3.8, 4) is 17.6 Å². The van der Waals surface area contributed by atoms with Crippen LogP contribution in [0.2, 0.25) is 0 Å². The number of hydrogen-bond acceptors (Lipinski definition) is 8. The van der Waals surface area contributed by atoms with Crippen LogP contribution in [0.4, 0.5) is 39.5 Å². The SMILES string of the molecule is CC(CCC(F)F)Nc1nc(Nc2ccnc(C3(C#N)CC3)c2)nc(-c2cccc(C(F)(F)F)n2)n1. The van der Waals surface area contributed by atoms with Gasteiger partial charge in [0.25, 0.3) is 0 Å². The number of hydrogen-bond donors (Lipinski definition) is 2. The number of nitrogens with one attached hydrogen (secondary N) is 2. The molecule has 8 nitrogen and oxygen atoms in total. The molecule has 1 aliphatic rings. The highest BCUT2D eigenvalue weighted by molar-refractivity contribution is 5.60. The molecule has 3 aromatic heterocycles. The monoisotopic (exact) mass is 504 g/mol. The minimum atomic E-state index is -4.66. The Morgan fingerprint density at radius 2 is 1.81 bits per heavy atom. The molecular formula is C23H21F5N8. The number of rotatable bonds is 9. The Bertz CT molecular complexity index is 1270. The number of halogens is 5. The van der Waals surface area contributed by atoms with E-state index in [1.54, 1.807) is 19.1 Å². The van der Waals surface area contributed by atoms with Gasteiger partial charge in [-0.2, -0.15) is 33.4 Å². The lowest BCUT2D eigenvalue weighted by Crippen LogP contribution is -2.19. The summed E-state index contributed by atoms with van der Waals surface area (Å²) in [6.45, 7) is 1.66. The zero-order valence-electron chi connectivity index (χ0n) is 19.0. The van der Waals surface area contributed by atoms with Crippen molar-refractivity contribution in [1.29, 1.82) is 5.26 Å². The van der Waals surface area contributed by atoms with Crippen LogP contribution in [0.1, 0.15) is 44.0 Å². The molecule has 0 bridgehead atoms. The quantitative estimate of drug-likeness (QED) is 0.368. The number of nitriles is 1. The van der Waals surface area contributed by atoms with Gasteiger partial charge in [0, 0.05) is 24.3 Å². The molecule has 4 rings (SSSR count). The Morgan fingerprint density at radius 3 is 2.47 bits per heavy atom. The smallest absolute Gasteiger partial charge is 0.352 e. The van der Waals surface area contributed by atoms with E-state index in [0.717, 1.165) is 6.07 Å². The third-order valence-corrected chi connectivity index (χ3v) is 5.57. The second-order valence-corrected chi connectivity index (χ2v) is 8.47. The van der Waals surface area contributed by atoms with Crippen LogP contribution >= 0.6 is 0 Å². The normalized spacial score (nSPS) is 15.3. The van der Waals surface area contributed by atoms with Crippen LogP contribution in [0.15, 0.2) is 36.5 Å². The van der Waals surface area contributed by atoms with Gasteiger partial charge < -0.3 is 10.6 Å². The lowest BCUT2D eigenvalue weighted by atomic mass is 10.0. The fourth-order valence-corrected chi connectivity index (χ4v) is 3.45. The maximum absolute atomic E-state index is 13.2. The van der Waals surface area contributed by atoms with Crippen molar-refractivity contribution >= 4 is 17.6 Å². The first-order valence-corrected chi connectivity index (χ1v) is 11.1. The zero-order chi connectivity index (χ0) is 25.9. The molecule has 1 unspecified atom stereocenters. The molecule has 3 aromatic rings. The van der Waals surface area contributed by atoms with E-state index in [4.69, 9.17) is 0 Å². The van der Waals surface area contributed by atoms with Crippen LogP contribution in [-0.2, 0) is 11.6 Å². The summed E-state index contributed by atoms with van der Waals surface area (Å²) in [6, 6.07) is 8.46. The minimum Gasteiger partial charge on any atom is -0.352 e. The summed E-state index contributed by atoms with van der Waals surface area (Å²) in [5, 5.41) is 15.3. The molecule has 0 spiro atoms. The maximum Gasteiger partial charge on any atom is 0.433 e. The fourth-order valence-electron chi connectivity index (χ4n) is 3.45. The van der Waals surface area contributed by atoms with E-state index < -0.39 is 29.8 Å². The van der Waals surface area contributed by atoms with Gasteiger partial charge in [-0.05, 0) is 50.5 Å². The van der Waals surface area contributed by atoms with Crippen molar-refractivity contribution in [3.63, 3.8) is 0 Å². The number of pyridine rings is 2. The number of nitrogens with zero attached hydrogens (tertiary/aromatic N) is 6. The first kappa shape index (κ1) is 25.2. The number of alkyl halides is 5. The second-order valence-electron chi connectivity index (χ2n) is 8.47. The summed E-state index contributed by atoms with van der Waals surface area (Å²) in [4.78, 5) is 20.5. The predicted molar refractivity (Wildman–Crippen MR) is 120 cm³/mol. The molecule has 2 N–H and O–H groups in total. The molecule has 1 fully saturated rings. The lowest BCUT2D eigenvalue weighted by molar-refractivity contribution is -0.141. The zero-order valence-corrected chi connectivity index (χ0v) is 19.0. The van der Waals surface area contributed by atoms with Crippen LogP contribution in [0, 0.1) is 11.3 Å². The van der Waals surface area contributed by atoms with E-state index in [1.807, 2.05) is 0 Å². The largest absolute Gasteiger partial charge is 0.433 e. The van der Waals surface area contributed by atoms with E-state index in [2.05, 4.69) is 41.6 Å². The molecule has 0 radical (unpaired) electrons. The Hall–Kier alpha value is -3.95. The fraction of sp³-hybridized carbons (Fsp3) is 0.391. The van der Waals surface area contributed by atoms with Crippen molar-refractivity contribution in [1.82, 2.24) is 24.9 Å². The van der Waals surface area contributed by atoms with Crippen molar-refractivity contribution < 1.29 is 22.0 Å². The first-order valence-electron chi connectivity index (χ1n) is 11.1. The van der Waals surface area contributed by atoms with Crippen LogP contribution < -0.4 is 10.6 Å². The van der Waals surface area contributed by atoms with E-state index in [1.165, 1.54) is 18.3 Å². The summed E-state index contributed by atoms with van der Waals surface area (Å²) in [6.07, 6.45) is -4.44. The molecular weight excluding hydrogens is 483 g/mol. The summed E-state index contributed by atoms with van der Waals surface area (Å²) < 4.78 is 64.8. The Labute approximate surface area is 203 Å². The molecule has 1 aliphatic carbocycles. The van der Waals surface area contributed by atoms with Gasteiger partial charge in [0.1, 0.15) is 11.4 Å². The molecule has 1 atom stereocenters. The van der Waals surface area contributed by atoms with Gasteiger partial charge in [0.15, 0.2) is 5.82 Å². The molecule has 0 amide bonds. The average molecular weight is 504 g/mol. The molecule has 188 valence electrons. The molecule has 0 aromatic carbocycles. The Balaban J connectivity index is 1.67. The molecule has 1 saturated carbocycles. The van der Waals surface area contributed by atoms with Gasteiger partial charge in [-0.15, -0.1) is 0 Å². The highest BCUT2D eigenvalue weighted by Gasteiger charge is 2.46. The van der Waals surface area contributed by atoms with Gasteiger partial charge in [-0.3, -0.25) is 4.98 Å². The van der Waals surface area contributed by atoms with Crippen molar-refractivity contribution in [3.05, 3.63) is 47.9 Å². The standard InChI is InChI=1S/C23H21F5N8/c1-13(5-6-18(24)25)31-20-34-19(15-3-2-4-16(33-15)23(26,27)28)35-21(36-20)32-14-7-10-30-17(11-14)22(12-29)8-9-22/h2-4,7,10-11,13,18H,5-6,8-9H2,1H3,(H2,30,31,32,34,35,36). The van der Waals surface area contributed by atoms with Crippen LogP contribution in [0.5, 0.6) is 0 Å². The van der Waals surface area contributed by atoms with Crippen LogP contribution in [0.25, 0.3) is 11.5 Å². The van der Waals surface area contributed by atoms with Crippen LogP contribution in [0.3, 0.4) is 0 Å². The Morgan fingerprint density at radius 1 is 1.06 bits per heavy atom. The van der Waals surface area contributed by atoms with Gasteiger partial charge >= 0.3 is 6.18 Å². The molecule has 36 heavy (non-hydrogen) atoms. The van der Waals surface area contributed by atoms with Gasteiger partial charge in [-0.25, -0.2) is 13.8 Å². The highest BCUT2D eigenvalue weighted by atomic mass is 19.4. The molecule has 0 aliphatic heterocycles. The van der Waals surface area contributed by atoms with Crippen molar-refractivity contribution in [2.75, 3.05) is 10.6 Å². The average Bonchev–Trinajstić information content (AvgIpc) is 3.64. The third kappa shape index (κ3) is 5.99. The number of aromatic nitrogens is 5. The van der Waals surface area contributed by atoms with E-state index >= 15 is 0 Å². The highest BCUT2D eigenvalue weighted by Crippen LogP contribution is 2.47. The van der Waals surface area contributed by atoms with Gasteiger partial charge in [-0.1, -0.05) is 6.07 Å². The lowest BCUT2D eigenvalue weighted by Gasteiger charge is -2.16. The van der Waals surface area contributed by atoms with Crippen LogP contribution in [-0.4, -0.2) is 37.4 Å². The van der Waals surface area contributed by atoms with Gasteiger partial charge in [0.2, 0.25) is 18.3 Å². The molecule has 13 heteroatoms. The van der Waals surface area contributed by atoms with Crippen molar-refractivity contribution in [2.24, 2.45) is 0 Å². The Kier molecular flexibility index (Phi) is 6.96. The number of anilines is 3. The predicted octanol–water partition coefficient (Wildman–Crippen LogP) is 5.49. The summed E-state index contributed by atoms with van der Waals surface area (Å²) in [5.41, 5.74) is -0.790. The van der Waals surface area contributed by atoms with Gasteiger partial charge in [0.05, 0.1) is 17.2 Å². The third-order valence-electron chi connectivity index (χ3n) is 5.57. The second kappa shape index (κ2) is 9.96. The van der Waals surface area contributed by atoms with E-state index in [-0.39, 0.29) is 36.3 Å². The minimum absolute atomic E-state index is 0.0123. The van der Waals surface area contributed by atoms with E-state index in [0.29, 0.717) is 24.2 Å². The summed E-state index contributed by atoms with van der Waals surface area (Å²) in [7, 11) is 0. The molecule has 0 saturated heterocycles. The molecule has 3 heterocycles. The van der Waals surface area contributed by atoms with Crippen molar-refractivity contribution in [2.45, 2.75) is 56.7 Å². The summed E-state index contributed by atoms with van der Waals surface area (Å²) >= 11 is 0. The topological polar surface area (TPSA) is 112 Å². The first-order chi connectivity index (χ1) is 17.1.